The second-order valence-corrected chi connectivity index (χ2v) is 8.41. The fourth-order valence-electron chi connectivity index (χ4n) is 3.80. The summed E-state index contributed by atoms with van der Waals surface area (Å²) < 4.78 is 11.3. The zero-order valence-electron chi connectivity index (χ0n) is 17.7. The standard InChI is InChI=1S/C23H29N3O4/c1-16-21(17(2)30-24-16)10-22(27)26-13-20(29-15-19-8-9-19)12-25(23(28)14-26)11-18-6-4-3-5-7-18/h3-7,19-20H,8-15H2,1-2H3/t20-/m0/s1. The van der Waals surface area contributed by atoms with E-state index in [9.17, 15) is 9.59 Å². The van der Waals surface area contributed by atoms with Crippen molar-refractivity contribution in [3.63, 3.8) is 0 Å². The average Bonchev–Trinajstić information content (AvgIpc) is 3.53. The molecule has 1 aliphatic heterocycles. The topological polar surface area (TPSA) is 75.9 Å². The molecule has 30 heavy (non-hydrogen) atoms. The van der Waals surface area contributed by atoms with E-state index in [1.165, 1.54) is 12.8 Å². The summed E-state index contributed by atoms with van der Waals surface area (Å²) in [5.74, 6) is 1.12. The van der Waals surface area contributed by atoms with Crippen LogP contribution >= 0.6 is 0 Å². The molecule has 0 radical (unpaired) electrons. The third kappa shape index (κ3) is 5.08. The van der Waals surface area contributed by atoms with Crippen LogP contribution in [-0.4, -0.2) is 59.1 Å². The van der Waals surface area contributed by atoms with Gasteiger partial charge in [0.05, 0.1) is 24.8 Å². The van der Waals surface area contributed by atoms with Gasteiger partial charge < -0.3 is 19.1 Å². The zero-order valence-corrected chi connectivity index (χ0v) is 17.7. The van der Waals surface area contributed by atoms with Gasteiger partial charge in [0.2, 0.25) is 11.8 Å². The maximum Gasteiger partial charge on any atom is 0.242 e. The number of amides is 2. The molecule has 0 N–H and O–H groups in total. The lowest BCUT2D eigenvalue weighted by Crippen LogP contribution is -2.40. The Morgan fingerprint density at radius 1 is 1.20 bits per heavy atom. The molecule has 1 atom stereocenters. The van der Waals surface area contributed by atoms with E-state index >= 15 is 0 Å². The molecule has 0 unspecified atom stereocenters. The maximum absolute atomic E-state index is 13.1. The molecule has 1 aromatic heterocycles. The number of hydrogen-bond donors (Lipinski definition) is 0. The number of ether oxygens (including phenoxy) is 1. The number of carbonyl (C=O) groups is 2. The van der Waals surface area contributed by atoms with Gasteiger partial charge in [0.25, 0.3) is 0 Å². The number of nitrogens with zero attached hydrogens (tertiary/aromatic N) is 3. The number of benzene rings is 1. The SMILES string of the molecule is Cc1noc(C)c1CC(=O)N1CC(=O)N(Cc2ccccc2)C[C@H](OCC2CC2)C1. The first-order chi connectivity index (χ1) is 14.5. The van der Waals surface area contributed by atoms with Crippen molar-refractivity contribution in [1.29, 1.82) is 0 Å². The first kappa shape index (κ1) is 20.6. The summed E-state index contributed by atoms with van der Waals surface area (Å²) in [6, 6.07) is 9.93. The third-order valence-corrected chi connectivity index (χ3v) is 5.87. The van der Waals surface area contributed by atoms with Gasteiger partial charge in [-0.25, -0.2) is 0 Å². The van der Waals surface area contributed by atoms with Crippen LogP contribution in [0.25, 0.3) is 0 Å². The molecule has 4 rings (SSSR count). The molecule has 7 heteroatoms. The summed E-state index contributed by atoms with van der Waals surface area (Å²) in [5.41, 5.74) is 2.59. The minimum atomic E-state index is -0.186. The Morgan fingerprint density at radius 2 is 1.97 bits per heavy atom. The molecule has 2 amide bonds. The molecule has 2 heterocycles. The highest BCUT2D eigenvalue weighted by atomic mass is 16.5. The zero-order chi connectivity index (χ0) is 21.1. The molecule has 1 saturated carbocycles. The molecule has 1 aliphatic carbocycles. The van der Waals surface area contributed by atoms with E-state index in [0.717, 1.165) is 11.1 Å². The summed E-state index contributed by atoms with van der Waals surface area (Å²) in [4.78, 5) is 29.5. The van der Waals surface area contributed by atoms with Crippen LogP contribution in [-0.2, 0) is 27.3 Å². The van der Waals surface area contributed by atoms with Gasteiger partial charge in [-0.05, 0) is 38.2 Å². The molecule has 7 nitrogen and oxygen atoms in total. The molecular weight excluding hydrogens is 382 g/mol. The minimum Gasteiger partial charge on any atom is -0.374 e. The van der Waals surface area contributed by atoms with Gasteiger partial charge in [-0.2, -0.15) is 0 Å². The van der Waals surface area contributed by atoms with Gasteiger partial charge in [-0.15, -0.1) is 0 Å². The van der Waals surface area contributed by atoms with Crippen LogP contribution in [0.15, 0.2) is 34.9 Å². The van der Waals surface area contributed by atoms with E-state index in [1.54, 1.807) is 11.8 Å². The van der Waals surface area contributed by atoms with Crippen LogP contribution in [0.5, 0.6) is 0 Å². The highest BCUT2D eigenvalue weighted by molar-refractivity contribution is 5.86. The van der Waals surface area contributed by atoms with Crippen LogP contribution in [0.4, 0.5) is 0 Å². The van der Waals surface area contributed by atoms with Crippen LogP contribution in [0.2, 0.25) is 0 Å². The highest BCUT2D eigenvalue weighted by Gasteiger charge is 2.33. The lowest BCUT2D eigenvalue weighted by molar-refractivity contribution is -0.138. The van der Waals surface area contributed by atoms with Gasteiger partial charge in [-0.3, -0.25) is 9.59 Å². The van der Waals surface area contributed by atoms with Crippen LogP contribution in [0, 0.1) is 19.8 Å². The molecule has 160 valence electrons. The summed E-state index contributed by atoms with van der Waals surface area (Å²) in [5, 5.41) is 3.93. The lowest BCUT2D eigenvalue weighted by atomic mass is 10.1. The normalized spacial score (nSPS) is 19.8. The van der Waals surface area contributed by atoms with Crippen molar-refractivity contribution in [1.82, 2.24) is 15.0 Å². The first-order valence-electron chi connectivity index (χ1n) is 10.6. The van der Waals surface area contributed by atoms with Crippen molar-refractivity contribution >= 4 is 11.8 Å². The van der Waals surface area contributed by atoms with Crippen molar-refractivity contribution in [2.24, 2.45) is 5.92 Å². The van der Waals surface area contributed by atoms with Gasteiger partial charge in [0.15, 0.2) is 0 Å². The smallest absolute Gasteiger partial charge is 0.242 e. The van der Waals surface area contributed by atoms with Gasteiger partial charge in [-0.1, -0.05) is 35.5 Å². The number of aromatic nitrogens is 1. The van der Waals surface area contributed by atoms with Gasteiger partial charge in [0.1, 0.15) is 5.76 Å². The summed E-state index contributed by atoms with van der Waals surface area (Å²) in [7, 11) is 0. The largest absolute Gasteiger partial charge is 0.374 e. The van der Waals surface area contributed by atoms with Crippen LogP contribution < -0.4 is 0 Å². The Morgan fingerprint density at radius 3 is 2.63 bits per heavy atom. The highest BCUT2D eigenvalue weighted by Crippen LogP contribution is 2.29. The minimum absolute atomic E-state index is 0.0523. The molecule has 2 aromatic rings. The van der Waals surface area contributed by atoms with Crippen molar-refractivity contribution in [3.05, 3.63) is 52.9 Å². The van der Waals surface area contributed by atoms with Gasteiger partial charge >= 0.3 is 0 Å². The Kier molecular flexibility index (Phi) is 6.18. The Labute approximate surface area is 177 Å². The summed E-state index contributed by atoms with van der Waals surface area (Å²) in [6.45, 7) is 5.84. The van der Waals surface area contributed by atoms with E-state index < -0.39 is 0 Å². The van der Waals surface area contributed by atoms with E-state index in [0.29, 0.717) is 43.6 Å². The Bertz CT molecular complexity index is 872. The van der Waals surface area contributed by atoms with Crippen molar-refractivity contribution in [2.45, 2.75) is 45.8 Å². The van der Waals surface area contributed by atoms with Gasteiger partial charge in [0, 0.05) is 31.8 Å². The first-order valence-corrected chi connectivity index (χ1v) is 10.6. The van der Waals surface area contributed by atoms with Crippen molar-refractivity contribution < 1.29 is 18.8 Å². The molecule has 0 bridgehead atoms. The van der Waals surface area contributed by atoms with Crippen LogP contribution in [0.1, 0.15) is 35.4 Å². The van der Waals surface area contributed by atoms with E-state index in [2.05, 4.69) is 5.16 Å². The fraction of sp³-hybridized carbons (Fsp3) is 0.522. The summed E-state index contributed by atoms with van der Waals surface area (Å²) in [6.07, 6.45) is 2.40. The quantitative estimate of drug-likeness (QED) is 0.700. The number of aryl methyl sites for hydroxylation is 2. The van der Waals surface area contributed by atoms with Crippen molar-refractivity contribution in [3.8, 4) is 0 Å². The predicted molar refractivity (Wildman–Crippen MR) is 111 cm³/mol. The molecule has 2 fully saturated rings. The molecule has 2 aliphatic rings. The average molecular weight is 412 g/mol. The second kappa shape index (κ2) is 9.00. The van der Waals surface area contributed by atoms with E-state index in [1.807, 2.05) is 42.2 Å². The maximum atomic E-state index is 13.1. The molecule has 1 saturated heterocycles. The molecular formula is C23H29N3O4. The number of carbonyl (C=O) groups excluding carboxylic acids is 2. The monoisotopic (exact) mass is 411 g/mol. The lowest BCUT2D eigenvalue weighted by Gasteiger charge is -2.25. The van der Waals surface area contributed by atoms with Crippen LogP contribution in [0.3, 0.4) is 0 Å². The predicted octanol–water partition coefficient (Wildman–Crippen LogP) is 2.50. The third-order valence-electron chi connectivity index (χ3n) is 5.87. The molecule has 0 spiro atoms. The van der Waals surface area contributed by atoms with Crippen molar-refractivity contribution in [2.75, 3.05) is 26.2 Å². The number of rotatable bonds is 7. The molecule has 1 aromatic carbocycles. The Hall–Kier alpha value is -2.67. The van der Waals surface area contributed by atoms with E-state index in [-0.39, 0.29) is 30.9 Å². The summed E-state index contributed by atoms with van der Waals surface area (Å²) >= 11 is 0. The second-order valence-electron chi connectivity index (χ2n) is 8.41. The Balaban J connectivity index is 1.48. The van der Waals surface area contributed by atoms with E-state index in [4.69, 9.17) is 9.26 Å². The fourth-order valence-corrected chi connectivity index (χ4v) is 3.80. The number of hydrogen-bond acceptors (Lipinski definition) is 5.